The predicted octanol–water partition coefficient (Wildman–Crippen LogP) is 5.28. The first-order valence-corrected chi connectivity index (χ1v) is 15.9. The number of aliphatic hydroxyl groups is 1. The first-order valence-electron chi connectivity index (χ1n) is 14.3. The van der Waals surface area contributed by atoms with Crippen LogP contribution in [-0.2, 0) is 19.4 Å². The Balaban J connectivity index is 1.42. The molecule has 43 heavy (non-hydrogen) atoms. The van der Waals surface area contributed by atoms with Crippen molar-refractivity contribution in [2.75, 3.05) is 42.8 Å². The number of aliphatic hydroxyl groups excluding tert-OH is 1. The maximum Gasteiger partial charge on any atom is 0.412 e. The Morgan fingerprint density at radius 1 is 1.19 bits per heavy atom. The van der Waals surface area contributed by atoms with Crippen molar-refractivity contribution in [2.24, 2.45) is 11.8 Å². The quantitative estimate of drug-likeness (QED) is 0.352. The number of amides is 1. The smallest absolute Gasteiger partial charge is 0.395 e. The van der Waals surface area contributed by atoms with Crippen molar-refractivity contribution in [3.05, 3.63) is 71.5 Å². The van der Waals surface area contributed by atoms with Crippen molar-refractivity contribution in [1.82, 2.24) is 4.98 Å². The van der Waals surface area contributed by atoms with E-state index in [2.05, 4.69) is 15.2 Å². The van der Waals surface area contributed by atoms with Gasteiger partial charge in [-0.2, -0.15) is 13.2 Å². The van der Waals surface area contributed by atoms with Crippen molar-refractivity contribution < 1.29 is 36.2 Å². The third kappa shape index (κ3) is 7.84. The fraction of sp³-hybridized carbons (Fsp3) is 0.484. The number of halogens is 3. The maximum absolute atomic E-state index is 13.1. The Kier molecular flexibility index (Phi) is 10.3. The Bertz CT molecular complexity index is 1440. The van der Waals surface area contributed by atoms with Gasteiger partial charge in [0.25, 0.3) is 0 Å². The lowest BCUT2D eigenvalue weighted by molar-refractivity contribution is -0.118. The van der Waals surface area contributed by atoms with E-state index in [-0.39, 0.29) is 34.9 Å². The van der Waals surface area contributed by atoms with E-state index in [1.807, 2.05) is 6.92 Å². The lowest BCUT2D eigenvalue weighted by atomic mass is 9.83. The summed E-state index contributed by atoms with van der Waals surface area (Å²) in [6.45, 7) is 4.07. The topological polar surface area (TPSA) is 109 Å². The molecule has 2 aliphatic rings. The van der Waals surface area contributed by atoms with Crippen LogP contribution in [0.15, 0.2) is 70.8 Å². The minimum absolute atomic E-state index is 0.00871. The van der Waals surface area contributed by atoms with Crippen LogP contribution in [0.2, 0.25) is 0 Å². The number of carbonyl (C=O) groups is 1. The third-order valence-corrected chi connectivity index (χ3v) is 9.99. The first kappa shape index (κ1) is 32.7. The molecular weight excluding hydrogens is 583 g/mol. The number of alkyl halides is 3. The summed E-state index contributed by atoms with van der Waals surface area (Å²) < 4.78 is 69.0. The van der Waals surface area contributed by atoms with Crippen LogP contribution in [0.1, 0.15) is 44.6 Å². The van der Waals surface area contributed by atoms with Gasteiger partial charge in [0, 0.05) is 19.2 Å². The van der Waals surface area contributed by atoms with Crippen LogP contribution in [0.4, 0.5) is 24.7 Å². The number of pyridine rings is 1. The number of hydrogen-bond acceptors (Lipinski definition) is 7. The number of rotatable bonds is 11. The number of nitrogens with zero attached hydrogens (tertiary/aromatic N) is 2. The van der Waals surface area contributed by atoms with E-state index in [4.69, 9.17) is 4.74 Å². The number of methoxy groups -OCH3 is 1. The van der Waals surface area contributed by atoms with Crippen molar-refractivity contribution >= 4 is 27.2 Å². The molecule has 1 fully saturated rings. The lowest BCUT2D eigenvalue weighted by Crippen LogP contribution is -2.33. The summed E-state index contributed by atoms with van der Waals surface area (Å²) in [5.74, 6) is -0.660. The van der Waals surface area contributed by atoms with Gasteiger partial charge in [-0.1, -0.05) is 43.7 Å². The molecule has 1 aliphatic carbocycles. The molecule has 1 aromatic heterocycles. The Hall–Kier alpha value is -3.22. The van der Waals surface area contributed by atoms with E-state index < -0.39 is 40.0 Å². The number of allylic oxidation sites excluding steroid dienone is 4. The molecule has 0 radical (unpaired) electrons. The van der Waals surface area contributed by atoms with Gasteiger partial charge < -0.3 is 20.1 Å². The largest absolute Gasteiger partial charge is 0.412 e. The molecule has 1 aromatic carbocycles. The second-order valence-electron chi connectivity index (χ2n) is 11.2. The lowest BCUT2D eigenvalue weighted by Gasteiger charge is -2.26. The van der Waals surface area contributed by atoms with Gasteiger partial charge in [-0.15, -0.1) is 0 Å². The summed E-state index contributed by atoms with van der Waals surface area (Å²) in [7, 11) is -1.76. The number of sulfone groups is 1. The summed E-state index contributed by atoms with van der Waals surface area (Å²) in [6.07, 6.45) is 1.56. The number of anilines is 2. The second kappa shape index (κ2) is 13.6. The molecule has 1 amide bonds. The average Bonchev–Trinajstić information content (AvgIpc) is 3.37. The van der Waals surface area contributed by atoms with Gasteiger partial charge in [0.15, 0.2) is 9.84 Å². The highest BCUT2D eigenvalue weighted by Crippen LogP contribution is 2.40. The molecule has 4 rings (SSSR count). The number of aromatic nitrogens is 1. The molecule has 234 valence electrons. The van der Waals surface area contributed by atoms with Crippen molar-refractivity contribution in [1.29, 1.82) is 0 Å². The van der Waals surface area contributed by atoms with Crippen molar-refractivity contribution in [3.63, 3.8) is 0 Å². The summed E-state index contributed by atoms with van der Waals surface area (Å²) in [5, 5.41) is 12.7. The Morgan fingerprint density at radius 2 is 1.91 bits per heavy atom. The molecule has 0 saturated carbocycles. The van der Waals surface area contributed by atoms with Gasteiger partial charge >= 0.3 is 6.18 Å². The number of ether oxygens (including phenoxy) is 1. The Labute approximate surface area is 250 Å². The van der Waals surface area contributed by atoms with Gasteiger partial charge in [-0.25, -0.2) is 13.4 Å². The highest BCUT2D eigenvalue weighted by molar-refractivity contribution is 7.91. The zero-order valence-corrected chi connectivity index (χ0v) is 25.3. The van der Waals surface area contributed by atoms with Crippen LogP contribution in [0, 0.1) is 11.8 Å². The first-order chi connectivity index (χ1) is 20.4. The summed E-state index contributed by atoms with van der Waals surface area (Å²) in [6, 6.07) is 9.48. The Morgan fingerprint density at radius 3 is 2.47 bits per heavy atom. The zero-order valence-electron chi connectivity index (χ0n) is 24.5. The zero-order chi connectivity index (χ0) is 31.4. The minimum Gasteiger partial charge on any atom is -0.395 e. The summed E-state index contributed by atoms with van der Waals surface area (Å²) in [4.78, 5) is 19.8. The van der Waals surface area contributed by atoms with E-state index >= 15 is 0 Å². The highest BCUT2D eigenvalue weighted by atomic mass is 32.2. The molecule has 8 nitrogen and oxygen atoms in total. The molecule has 2 N–H and O–H groups in total. The van der Waals surface area contributed by atoms with Crippen LogP contribution >= 0.6 is 0 Å². The maximum atomic E-state index is 13.1. The molecule has 2 aromatic rings. The molecule has 2 unspecified atom stereocenters. The van der Waals surface area contributed by atoms with E-state index in [0.717, 1.165) is 12.0 Å². The summed E-state index contributed by atoms with van der Waals surface area (Å²) in [5.41, 5.74) is 1.45. The van der Waals surface area contributed by atoms with Gasteiger partial charge in [0.1, 0.15) is 5.82 Å². The predicted molar refractivity (Wildman–Crippen MR) is 159 cm³/mol. The van der Waals surface area contributed by atoms with Gasteiger partial charge in [-0.05, 0) is 60.9 Å². The van der Waals surface area contributed by atoms with Crippen LogP contribution in [0.3, 0.4) is 0 Å². The fourth-order valence-corrected chi connectivity index (χ4v) is 6.66. The molecule has 0 spiro atoms. The van der Waals surface area contributed by atoms with Crippen molar-refractivity contribution in [3.8, 4) is 0 Å². The molecule has 1 aliphatic heterocycles. The highest BCUT2D eigenvalue weighted by Gasteiger charge is 2.38. The molecule has 4 atom stereocenters. The van der Waals surface area contributed by atoms with E-state index in [9.17, 15) is 31.5 Å². The van der Waals surface area contributed by atoms with Crippen LogP contribution in [-0.4, -0.2) is 69.3 Å². The van der Waals surface area contributed by atoms with E-state index in [1.165, 1.54) is 36.5 Å². The molecule has 0 bridgehead atoms. The standard InChI is InChI=1S/C31H38F3N3O5S/c1-4-43(40,41)27-10-6-22(7-11-27)28(18-38)30(39)36-25-9-12-29(35-16-25)37-17-21(15-26(37)19-42-3)14-23-5-8-24(13-20(23)2)31(32,33)34/h5-12,16,20-21,26,28,38H,4,13-15,17-19H2,1-3H3,(H,36,39)/t20?,21?,26-,28-/m0/s1. The van der Waals surface area contributed by atoms with Crippen LogP contribution < -0.4 is 10.2 Å². The normalized spacial score (nSPS) is 21.7. The van der Waals surface area contributed by atoms with Crippen LogP contribution in [0.5, 0.6) is 0 Å². The molecular formula is C31H38F3N3O5S. The van der Waals surface area contributed by atoms with Crippen LogP contribution in [0.25, 0.3) is 0 Å². The minimum atomic E-state index is -4.30. The van der Waals surface area contributed by atoms with E-state index in [0.29, 0.717) is 36.6 Å². The van der Waals surface area contributed by atoms with Gasteiger partial charge in [-0.3, -0.25) is 4.79 Å². The number of nitrogens with one attached hydrogen (secondary N) is 1. The average molecular weight is 622 g/mol. The van der Waals surface area contributed by atoms with E-state index in [1.54, 1.807) is 32.2 Å². The van der Waals surface area contributed by atoms with Gasteiger partial charge in [0.05, 0.1) is 47.7 Å². The van der Waals surface area contributed by atoms with Crippen molar-refractivity contribution in [2.45, 2.75) is 56.1 Å². The third-order valence-electron chi connectivity index (χ3n) is 8.24. The number of carbonyl (C=O) groups excluding carboxylic acids is 1. The van der Waals surface area contributed by atoms with Gasteiger partial charge in [0.2, 0.25) is 5.91 Å². The molecule has 1 saturated heterocycles. The second-order valence-corrected chi connectivity index (χ2v) is 13.5. The molecule has 12 heteroatoms. The monoisotopic (exact) mass is 621 g/mol. The SMILES string of the molecule is CCS(=O)(=O)c1ccc([C@H](CO)C(=O)Nc2ccc(N3CC(CC4=CC=C(C(F)(F)F)CC4C)C[C@H]3COC)nc2)cc1. The fourth-order valence-electron chi connectivity index (χ4n) is 5.78. The molecule has 2 heterocycles. The number of benzene rings is 1. The number of hydrogen-bond donors (Lipinski definition) is 2. The summed E-state index contributed by atoms with van der Waals surface area (Å²) >= 11 is 0.